The van der Waals surface area contributed by atoms with Gasteiger partial charge in [0.05, 0.1) is 25.0 Å². The van der Waals surface area contributed by atoms with Gasteiger partial charge in [0.2, 0.25) is 0 Å². The highest BCUT2D eigenvalue weighted by Crippen LogP contribution is 2.08. The van der Waals surface area contributed by atoms with Gasteiger partial charge in [0, 0.05) is 0 Å². The third-order valence-electron chi connectivity index (χ3n) is 0.784. The molecule has 3 heteroatoms. The molecule has 0 aliphatic rings. The molecule has 0 atom stereocenters. The van der Waals surface area contributed by atoms with E-state index in [1.807, 2.05) is 0 Å². The normalized spacial score (nSPS) is 13.1. The molecule has 52 valence electrons. The van der Waals surface area contributed by atoms with Gasteiger partial charge >= 0.3 is 0 Å². The van der Waals surface area contributed by atoms with Crippen molar-refractivity contribution in [3.05, 3.63) is 24.8 Å². The first-order valence-corrected chi connectivity index (χ1v) is 4.37. The smallest absolute Gasteiger partial charge is 0.0862 e. The fourth-order valence-electron chi connectivity index (χ4n) is 0.392. The van der Waals surface area contributed by atoms with E-state index < -0.39 is 0 Å². The Bertz CT molecular complexity index is 87.2. The van der Waals surface area contributed by atoms with E-state index in [4.69, 9.17) is 0 Å². The number of halogens is 2. The molecular formula is C6H10F2P+. The van der Waals surface area contributed by atoms with E-state index in [1.54, 1.807) is 0 Å². The SMILES string of the molecule is FC=CC[PH2+]CC=CF. The quantitative estimate of drug-likeness (QED) is 0.427. The van der Waals surface area contributed by atoms with E-state index >= 15 is 0 Å². The summed E-state index contributed by atoms with van der Waals surface area (Å²) in [5.74, 6) is 0. The molecule has 0 fully saturated rings. The zero-order chi connectivity index (χ0) is 6.95. The van der Waals surface area contributed by atoms with Crippen molar-refractivity contribution in [2.45, 2.75) is 0 Å². The van der Waals surface area contributed by atoms with Crippen molar-refractivity contribution in [3.8, 4) is 0 Å². The maximum atomic E-state index is 11.2. The predicted octanol–water partition coefficient (Wildman–Crippen LogP) is 2.36. The molecule has 0 aliphatic carbocycles. The lowest BCUT2D eigenvalue weighted by Gasteiger charge is -1.78. The molecule has 0 rings (SSSR count). The maximum absolute atomic E-state index is 11.2. The molecular weight excluding hydrogens is 141 g/mol. The van der Waals surface area contributed by atoms with Gasteiger partial charge < -0.3 is 0 Å². The van der Waals surface area contributed by atoms with Crippen LogP contribution >= 0.6 is 8.58 Å². The van der Waals surface area contributed by atoms with Crippen LogP contribution in [0.25, 0.3) is 0 Å². The minimum atomic E-state index is 0.164. The van der Waals surface area contributed by atoms with Crippen molar-refractivity contribution in [3.63, 3.8) is 0 Å². The molecule has 0 N–H and O–H groups in total. The Kier molecular flexibility index (Phi) is 7.57. The summed E-state index contributed by atoms with van der Waals surface area (Å²) in [7, 11) is 0.164. The Balaban J connectivity index is 2.91. The Morgan fingerprint density at radius 2 is 1.44 bits per heavy atom. The van der Waals surface area contributed by atoms with Gasteiger partial charge in [-0.2, -0.15) is 0 Å². The van der Waals surface area contributed by atoms with Crippen molar-refractivity contribution in [1.82, 2.24) is 0 Å². The van der Waals surface area contributed by atoms with Crippen LogP contribution in [0.2, 0.25) is 0 Å². The molecule has 0 radical (unpaired) electrons. The minimum Gasteiger partial charge on any atom is -0.216 e. The van der Waals surface area contributed by atoms with Crippen LogP contribution in [0.5, 0.6) is 0 Å². The zero-order valence-electron chi connectivity index (χ0n) is 5.06. The van der Waals surface area contributed by atoms with Gasteiger partial charge in [0.1, 0.15) is 0 Å². The molecule has 9 heavy (non-hydrogen) atoms. The molecule has 0 saturated heterocycles. The van der Waals surface area contributed by atoms with E-state index in [0.717, 1.165) is 12.3 Å². The number of allylic oxidation sites excluding steroid dienone is 2. The topological polar surface area (TPSA) is 0 Å². The second-order valence-corrected chi connectivity index (χ2v) is 3.00. The largest absolute Gasteiger partial charge is 0.216 e. The molecule has 0 bridgehead atoms. The number of rotatable bonds is 4. The van der Waals surface area contributed by atoms with Crippen molar-refractivity contribution in [2.75, 3.05) is 12.3 Å². The predicted molar refractivity (Wildman–Crippen MR) is 39.9 cm³/mol. The Labute approximate surface area is 55.4 Å². The second kappa shape index (κ2) is 7.77. The lowest BCUT2D eigenvalue weighted by Crippen LogP contribution is -1.68. The average molecular weight is 151 g/mol. The van der Waals surface area contributed by atoms with Gasteiger partial charge in [-0.3, -0.25) is 0 Å². The minimum absolute atomic E-state index is 0.164. The van der Waals surface area contributed by atoms with E-state index in [9.17, 15) is 8.78 Å². The first-order valence-electron chi connectivity index (χ1n) is 2.74. The summed E-state index contributed by atoms with van der Waals surface area (Å²) < 4.78 is 22.5. The van der Waals surface area contributed by atoms with Crippen LogP contribution in [-0.2, 0) is 0 Å². The van der Waals surface area contributed by atoms with Crippen LogP contribution in [0.1, 0.15) is 0 Å². The van der Waals surface area contributed by atoms with E-state index in [-0.39, 0.29) is 8.58 Å². The van der Waals surface area contributed by atoms with Crippen molar-refractivity contribution < 1.29 is 8.78 Å². The van der Waals surface area contributed by atoms with E-state index in [1.165, 1.54) is 12.2 Å². The molecule has 0 nitrogen and oxygen atoms in total. The summed E-state index contributed by atoms with van der Waals surface area (Å²) in [6.07, 6.45) is 5.52. The highest BCUT2D eigenvalue weighted by molar-refractivity contribution is 7.38. The van der Waals surface area contributed by atoms with Gasteiger partial charge in [0.25, 0.3) is 0 Å². The Hall–Kier alpha value is -0.230. The van der Waals surface area contributed by atoms with Gasteiger partial charge in [-0.05, 0) is 20.7 Å². The van der Waals surface area contributed by atoms with Crippen LogP contribution in [0, 0.1) is 0 Å². The fourth-order valence-corrected chi connectivity index (χ4v) is 1.17. The lowest BCUT2D eigenvalue weighted by molar-refractivity contribution is 0.719. The zero-order valence-corrected chi connectivity index (χ0v) is 6.21. The number of hydrogen-bond acceptors (Lipinski definition) is 0. The molecule has 0 aliphatic heterocycles. The van der Waals surface area contributed by atoms with Crippen molar-refractivity contribution >= 4 is 8.58 Å². The molecule has 0 heterocycles. The van der Waals surface area contributed by atoms with E-state index in [0.29, 0.717) is 12.7 Å². The molecule has 0 spiro atoms. The molecule has 0 aromatic rings. The summed E-state index contributed by atoms with van der Waals surface area (Å²) in [5, 5.41) is 0. The van der Waals surface area contributed by atoms with Crippen LogP contribution in [0.4, 0.5) is 8.78 Å². The first kappa shape index (κ1) is 8.77. The van der Waals surface area contributed by atoms with Gasteiger partial charge in [0.15, 0.2) is 0 Å². The summed E-state index contributed by atoms with van der Waals surface area (Å²) in [5.41, 5.74) is 0. The summed E-state index contributed by atoms with van der Waals surface area (Å²) in [6.45, 7) is 0. The van der Waals surface area contributed by atoms with Gasteiger partial charge in [-0.1, -0.05) is 0 Å². The Morgan fingerprint density at radius 1 is 1.00 bits per heavy atom. The van der Waals surface area contributed by atoms with Crippen LogP contribution in [-0.4, -0.2) is 12.3 Å². The molecule has 0 unspecified atom stereocenters. The van der Waals surface area contributed by atoms with Crippen molar-refractivity contribution in [1.29, 1.82) is 0 Å². The molecule has 0 amide bonds. The van der Waals surface area contributed by atoms with E-state index in [2.05, 4.69) is 0 Å². The molecule has 0 saturated carbocycles. The van der Waals surface area contributed by atoms with Crippen LogP contribution < -0.4 is 0 Å². The summed E-state index contributed by atoms with van der Waals surface area (Å²) >= 11 is 0. The fraction of sp³-hybridized carbons (Fsp3) is 0.333. The van der Waals surface area contributed by atoms with Crippen molar-refractivity contribution in [2.24, 2.45) is 0 Å². The van der Waals surface area contributed by atoms with Crippen LogP contribution in [0.3, 0.4) is 0 Å². The monoisotopic (exact) mass is 151 g/mol. The second-order valence-electron chi connectivity index (χ2n) is 1.48. The first-order chi connectivity index (χ1) is 4.41. The molecule has 0 aromatic heterocycles. The van der Waals surface area contributed by atoms with Gasteiger partial charge in [-0.25, -0.2) is 8.78 Å². The summed E-state index contributed by atoms with van der Waals surface area (Å²) in [6, 6.07) is 0. The maximum Gasteiger partial charge on any atom is 0.0862 e. The Morgan fingerprint density at radius 3 is 1.78 bits per heavy atom. The van der Waals surface area contributed by atoms with Crippen LogP contribution in [0.15, 0.2) is 24.8 Å². The third kappa shape index (κ3) is 7.77. The standard InChI is InChI=1S/C6H9F2P/c7-3-1-5-9-6-2-4-8/h1-4,9H,5-6H2/p+1. The highest BCUT2D eigenvalue weighted by Gasteiger charge is 1.85. The average Bonchev–Trinajstić information content (AvgIpc) is 1.89. The summed E-state index contributed by atoms with van der Waals surface area (Å²) in [4.78, 5) is 0. The lowest BCUT2D eigenvalue weighted by atomic mass is 10.7. The number of hydrogen-bond donors (Lipinski definition) is 0. The third-order valence-corrected chi connectivity index (χ3v) is 1.99. The molecule has 0 aromatic carbocycles. The van der Waals surface area contributed by atoms with Gasteiger partial charge in [-0.15, -0.1) is 0 Å². The highest BCUT2D eigenvalue weighted by atomic mass is 31.1.